The second-order valence-electron chi connectivity index (χ2n) is 7.98. The normalized spacial score (nSPS) is 18.1. The summed E-state index contributed by atoms with van der Waals surface area (Å²) >= 11 is 1.70. The Morgan fingerprint density at radius 2 is 1.97 bits per heavy atom. The van der Waals surface area contributed by atoms with Gasteiger partial charge in [-0.1, -0.05) is 30.0 Å². The maximum Gasteiger partial charge on any atom is 0.255 e. The number of fused-ring (bicyclic) bond motifs is 1. The molecule has 4 rings (SSSR count). The summed E-state index contributed by atoms with van der Waals surface area (Å²) in [7, 11) is 3.47. The lowest BCUT2D eigenvalue weighted by Crippen LogP contribution is -2.43. The SMILES string of the molecule is CC1=C(C(=O)N(C)C)C(c2cccc(NC(=O)c3cccc(F)c3)c2)N2CCCSC2=N1. The Kier molecular flexibility index (Phi) is 6.32. The number of allylic oxidation sites excluding steroid dienone is 1. The van der Waals surface area contributed by atoms with E-state index in [1.807, 2.05) is 25.1 Å². The lowest BCUT2D eigenvalue weighted by Gasteiger charge is -2.41. The molecule has 0 aliphatic carbocycles. The molecule has 1 unspecified atom stereocenters. The number of nitrogens with one attached hydrogen (secondary N) is 1. The molecule has 2 heterocycles. The zero-order valence-electron chi connectivity index (χ0n) is 18.3. The molecule has 2 amide bonds. The van der Waals surface area contributed by atoms with Crippen molar-refractivity contribution in [1.29, 1.82) is 0 Å². The zero-order valence-corrected chi connectivity index (χ0v) is 19.1. The molecule has 0 radical (unpaired) electrons. The van der Waals surface area contributed by atoms with Gasteiger partial charge in [0.25, 0.3) is 11.8 Å². The van der Waals surface area contributed by atoms with Crippen molar-refractivity contribution in [2.24, 2.45) is 4.99 Å². The largest absolute Gasteiger partial charge is 0.345 e. The molecule has 0 spiro atoms. The Hall–Kier alpha value is -3.13. The first kappa shape index (κ1) is 22.1. The summed E-state index contributed by atoms with van der Waals surface area (Å²) in [5.41, 5.74) is 3.06. The minimum absolute atomic E-state index is 0.0833. The number of benzene rings is 2. The smallest absolute Gasteiger partial charge is 0.255 e. The van der Waals surface area contributed by atoms with Crippen LogP contribution in [-0.2, 0) is 4.79 Å². The Balaban J connectivity index is 1.70. The minimum Gasteiger partial charge on any atom is -0.345 e. The van der Waals surface area contributed by atoms with Crippen molar-refractivity contribution >= 4 is 34.4 Å². The number of carbonyl (C=O) groups is 2. The number of anilines is 1. The first-order chi connectivity index (χ1) is 15.3. The Bertz CT molecular complexity index is 1130. The average Bonchev–Trinajstić information content (AvgIpc) is 2.77. The van der Waals surface area contributed by atoms with Gasteiger partial charge in [0.1, 0.15) is 5.82 Å². The van der Waals surface area contributed by atoms with E-state index < -0.39 is 11.7 Å². The summed E-state index contributed by atoms with van der Waals surface area (Å²) in [6.07, 6.45) is 0.999. The number of amidine groups is 1. The zero-order chi connectivity index (χ0) is 22.8. The van der Waals surface area contributed by atoms with E-state index in [0.717, 1.165) is 29.4 Å². The fourth-order valence-electron chi connectivity index (χ4n) is 3.95. The lowest BCUT2D eigenvalue weighted by atomic mass is 9.93. The standard InChI is InChI=1S/C24H25FN4O2S/c1-15-20(23(31)28(2)3)21(29-11-6-12-32-24(29)26-15)16-7-5-10-19(14-16)27-22(30)17-8-4-9-18(25)13-17/h4-5,7-10,13-14,21H,6,11-12H2,1-3H3,(H,27,30). The highest BCUT2D eigenvalue weighted by molar-refractivity contribution is 8.13. The average molecular weight is 453 g/mol. The molecular weight excluding hydrogens is 427 g/mol. The van der Waals surface area contributed by atoms with Gasteiger partial charge < -0.3 is 15.1 Å². The number of thioether (sulfide) groups is 1. The highest BCUT2D eigenvalue weighted by Crippen LogP contribution is 2.40. The van der Waals surface area contributed by atoms with Crippen molar-refractivity contribution in [3.8, 4) is 0 Å². The summed E-state index contributed by atoms with van der Waals surface area (Å²) in [6.45, 7) is 2.67. The van der Waals surface area contributed by atoms with Gasteiger partial charge in [-0.25, -0.2) is 9.38 Å². The molecule has 0 bridgehead atoms. The molecule has 1 saturated heterocycles. The number of hydrogen-bond acceptors (Lipinski definition) is 5. The molecule has 1 N–H and O–H groups in total. The Labute approximate surface area is 191 Å². The summed E-state index contributed by atoms with van der Waals surface area (Å²) < 4.78 is 13.5. The summed E-state index contributed by atoms with van der Waals surface area (Å²) in [5.74, 6) is 0.0590. The third-order valence-electron chi connectivity index (χ3n) is 5.44. The second-order valence-corrected chi connectivity index (χ2v) is 9.04. The fraction of sp³-hybridized carbons (Fsp3) is 0.292. The van der Waals surface area contributed by atoms with E-state index >= 15 is 0 Å². The van der Waals surface area contributed by atoms with Crippen LogP contribution in [0.25, 0.3) is 0 Å². The van der Waals surface area contributed by atoms with E-state index in [9.17, 15) is 14.0 Å². The molecule has 6 nitrogen and oxygen atoms in total. The van der Waals surface area contributed by atoms with Gasteiger partial charge in [-0.3, -0.25) is 9.59 Å². The van der Waals surface area contributed by atoms with Crippen LogP contribution in [0, 0.1) is 5.82 Å². The quantitative estimate of drug-likeness (QED) is 0.752. The van der Waals surface area contributed by atoms with Gasteiger partial charge in [-0.15, -0.1) is 0 Å². The monoisotopic (exact) mass is 452 g/mol. The first-order valence-corrected chi connectivity index (χ1v) is 11.4. The maximum atomic E-state index is 13.5. The second kappa shape index (κ2) is 9.16. The van der Waals surface area contributed by atoms with Crippen LogP contribution in [0.4, 0.5) is 10.1 Å². The lowest BCUT2D eigenvalue weighted by molar-refractivity contribution is -0.125. The molecule has 32 heavy (non-hydrogen) atoms. The van der Waals surface area contributed by atoms with Gasteiger partial charge in [0.2, 0.25) is 0 Å². The van der Waals surface area contributed by atoms with Gasteiger partial charge in [-0.05, 0) is 49.2 Å². The molecule has 166 valence electrons. The first-order valence-electron chi connectivity index (χ1n) is 10.4. The number of carbonyl (C=O) groups excluding carboxylic acids is 2. The summed E-state index contributed by atoms with van der Waals surface area (Å²) in [4.78, 5) is 34.2. The van der Waals surface area contributed by atoms with Crippen molar-refractivity contribution in [1.82, 2.24) is 9.80 Å². The van der Waals surface area contributed by atoms with Crippen molar-refractivity contribution in [3.05, 3.63) is 76.7 Å². The van der Waals surface area contributed by atoms with Gasteiger partial charge in [-0.2, -0.15) is 0 Å². The van der Waals surface area contributed by atoms with Crippen LogP contribution < -0.4 is 5.32 Å². The molecular formula is C24H25FN4O2S. The third kappa shape index (κ3) is 4.41. The van der Waals surface area contributed by atoms with E-state index in [1.54, 1.807) is 42.9 Å². The van der Waals surface area contributed by atoms with Gasteiger partial charge in [0, 0.05) is 37.6 Å². The van der Waals surface area contributed by atoms with E-state index in [0.29, 0.717) is 17.0 Å². The Morgan fingerprint density at radius 3 is 2.72 bits per heavy atom. The number of likely N-dealkylation sites (N-methyl/N-ethyl adjacent to an activating group) is 1. The summed E-state index contributed by atoms with van der Waals surface area (Å²) in [5, 5.41) is 3.76. The molecule has 0 aromatic heterocycles. The van der Waals surface area contributed by atoms with Crippen molar-refractivity contribution in [2.75, 3.05) is 31.7 Å². The van der Waals surface area contributed by atoms with Crippen LogP contribution in [0.1, 0.15) is 35.3 Å². The van der Waals surface area contributed by atoms with E-state index in [4.69, 9.17) is 4.99 Å². The van der Waals surface area contributed by atoms with Crippen LogP contribution in [0.5, 0.6) is 0 Å². The molecule has 1 fully saturated rings. The minimum atomic E-state index is -0.463. The van der Waals surface area contributed by atoms with Gasteiger partial charge >= 0.3 is 0 Å². The molecule has 1 atom stereocenters. The van der Waals surface area contributed by atoms with Crippen molar-refractivity contribution in [3.63, 3.8) is 0 Å². The van der Waals surface area contributed by atoms with E-state index in [1.165, 1.54) is 18.2 Å². The topological polar surface area (TPSA) is 65.0 Å². The molecule has 2 aromatic rings. The van der Waals surface area contributed by atoms with Crippen LogP contribution in [0.2, 0.25) is 0 Å². The molecule has 2 aliphatic heterocycles. The van der Waals surface area contributed by atoms with Gasteiger partial charge in [0.05, 0.1) is 17.3 Å². The predicted molar refractivity (Wildman–Crippen MR) is 126 cm³/mol. The molecule has 8 heteroatoms. The molecule has 0 saturated carbocycles. The molecule has 2 aromatic carbocycles. The number of hydrogen-bond donors (Lipinski definition) is 1. The van der Waals surface area contributed by atoms with Crippen LogP contribution in [0.15, 0.2) is 64.8 Å². The van der Waals surface area contributed by atoms with Gasteiger partial charge in [0.15, 0.2) is 5.17 Å². The highest BCUT2D eigenvalue weighted by Gasteiger charge is 2.37. The fourth-order valence-corrected chi connectivity index (χ4v) is 4.97. The predicted octanol–water partition coefficient (Wildman–Crippen LogP) is 4.29. The van der Waals surface area contributed by atoms with Crippen molar-refractivity contribution < 1.29 is 14.0 Å². The van der Waals surface area contributed by atoms with Crippen LogP contribution in [0.3, 0.4) is 0 Å². The number of aliphatic imine (C=N–C) groups is 1. The van der Waals surface area contributed by atoms with Crippen molar-refractivity contribution in [2.45, 2.75) is 19.4 Å². The number of amides is 2. The van der Waals surface area contributed by atoms with Crippen LogP contribution in [-0.4, -0.2) is 53.2 Å². The highest BCUT2D eigenvalue weighted by atomic mass is 32.2. The van der Waals surface area contributed by atoms with E-state index in [2.05, 4.69) is 10.2 Å². The Morgan fingerprint density at radius 1 is 1.19 bits per heavy atom. The van der Waals surface area contributed by atoms with Crippen LogP contribution >= 0.6 is 11.8 Å². The number of halogens is 1. The number of rotatable bonds is 4. The summed E-state index contributed by atoms with van der Waals surface area (Å²) in [6, 6.07) is 12.8. The number of nitrogens with zero attached hydrogens (tertiary/aromatic N) is 3. The maximum absolute atomic E-state index is 13.5. The van der Waals surface area contributed by atoms with E-state index in [-0.39, 0.29) is 17.5 Å². The molecule has 2 aliphatic rings. The third-order valence-corrected chi connectivity index (χ3v) is 6.52.